The van der Waals surface area contributed by atoms with Crippen LogP contribution in [0.3, 0.4) is 0 Å². The lowest BCUT2D eigenvalue weighted by atomic mass is 10.3. The molecule has 0 spiro atoms. The van der Waals surface area contributed by atoms with Crippen molar-refractivity contribution in [1.82, 2.24) is 4.98 Å². The summed E-state index contributed by atoms with van der Waals surface area (Å²) < 4.78 is 30.0. The number of pyridine rings is 1. The average Bonchev–Trinajstić information content (AvgIpc) is 2.03. The standard InChI is InChI=1S/C7H7NO3S/c1-2-6-4-3-5-8-7(6)12(9,10)11/h2-5H,1H2,(H,9,10,11). The molecule has 1 rings (SSSR count). The van der Waals surface area contributed by atoms with Gasteiger partial charge in [0.15, 0.2) is 5.03 Å². The molecule has 0 aromatic carbocycles. The zero-order valence-electron chi connectivity index (χ0n) is 6.14. The highest BCUT2D eigenvalue weighted by Gasteiger charge is 2.13. The van der Waals surface area contributed by atoms with E-state index in [4.69, 9.17) is 4.55 Å². The molecule has 1 aromatic heterocycles. The Kier molecular flexibility index (Phi) is 2.25. The van der Waals surface area contributed by atoms with E-state index in [1.165, 1.54) is 18.3 Å². The molecule has 5 heteroatoms. The van der Waals surface area contributed by atoms with Gasteiger partial charge in [-0.3, -0.25) is 4.55 Å². The summed E-state index contributed by atoms with van der Waals surface area (Å²) >= 11 is 0. The molecular weight excluding hydrogens is 178 g/mol. The average molecular weight is 185 g/mol. The Balaban J connectivity index is 3.43. The van der Waals surface area contributed by atoms with Crippen LogP contribution in [-0.4, -0.2) is 18.0 Å². The van der Waals surface area contributed by atoms with Gasteiger partial charge in [0.1, 0.15) is 0 Å². The molecule has 0 unspecified atom stereocenters. The van der Waals surface area contributed by atoms with Crippen LogP contribution in [0.25, 0.3) is 6.08 Å². The maximum Gasteiger partial charge on any atom is 0.312 e. The number of hydrogen-bond donors (Lipinski definition) is 1. The first-order valence-corrected chi connectivity index (χ1v) is 4.54. The number of aromatic nitrogens is 1. The van der Waals surface area contributed by atoms with E-state index in [1.54, 1.807) is 6.07 Å². The van der Waals surface area contributed by atoms with E-state index in [1.807, 2.05) is 0 Å². The van der Waals surface area contributed by atoms with Crippen LogP contribution in [0.5, 0.6) is 0 Å². The molecule has 0 saturated carbocycles. The molecular formula is C7H7NO3S. The molecule has 1 heterocycles. The maximum absolute atomic E-state index is 10.7. The summed E-state index contributed by atoms with van der Waals surface area (Å²) in [6.07, 6.45) is 2.60. The van der Waals surface area contributed by atoms with Crippen molar-refractivity contribution >= 4 is 16.2 Å². The highest BCUT2D eigenvalue weighted by atomic mass is 32.2. The largest absolute Gasteiger partial charge is 0.312 e. The van der Waals surface area contributed by atoms with Crippen molar-refractivity contribution < 1.29 is 13.0 Å². The Hall–Kier alpha value is -1.20. The Morgan fingerprint density at radius 2 is 2.25 bits per heavy atom. The minimum atomic E-state index is -4.23. The lowest BCUT2D eigenvalue weighted by Crippen LogP contribution is -2.03. The molecule has 1 N–H and O–H groups in total. The van der Waals surface area contributed by atoms with Crippen molar-refractivity contribution in [3.63, 3.8) is 0 Å². The molecule has 0 aliphatic heterocycles. The molecule has 1 aromatic rings. The van der Waals surface area contributed by atoms with Crippen molar-refractivity contribution in [1.29, 1.82) is 0 Å². The summed E-state index contributed by atoms with van der Waals surface area (Å²) in [5.41, 5.74) is 0.292. The normalized spacial score (nSPS) is 11.1. The highest BCUT2D eigenvalue weighted by molar-refractivity contribution is 7.85. The van der Waals surface area contributed by atoms with E-state index in [9.17, 15) is 8.42 Å². The molecule has 0 aliphatic rings. The number of rotatable bonds is 2. The molecule has 4 nitrogen and oxygen atoms in total. The fourth-order valence-electron chi connectivity index (χ4n) is 0.774. The van der Waals surface area contributed by atoms with Gasteiger partial charge in [0.05, 0.1) is 0 Å². The molecule has 12 heavy (non-hydrogen) atoms. The highest BCUT2D eigenvalue weighted by Crippen LogP contribution is 2.11. The minimum absolute atomic E-state index is 0.292. The van der Waals surface area contributed by atoms with Crippen LogP contribution in [0.15, 0.2) is 29.9 Å². The van der Waals surface area contributed by atoms with Gasteiger partial charge >= 0.3 is 10.1 Å². The lowest BCUT2D eigenvalue weighted by Gasteiger charge is -1.98. The maximum atomic E-state index is 10.7. The summed E-state index contributed by atoms with van der Waals surface area (Å²) in [6, 6.07) is 3.06. The van der Waals surface area contributed by atoms with E-state index in [0.717, 1.165) is 0 Å². The van der Waals surface area contributed by atoms with E-state index in [-0.39, 0.29) is 5.03 Å². The van der Waals surface area contributed by atoms with Crippen LogP contribution in [0.2, 0.25) is 0 Å². The summed E-state index contributed by atoms with van der Waals surface area (Å²) in [6.45, 7) is 3.39. The monoisotopic (exact) mass is 185 g/mol. The molecule has 64 valence electrons. The van der Waals surface area contributed by atoms with Gasteiger partial charge in [-0.1, -0.05) is 18.7 Å². The Morgan fingerprint density at radius 3 is 2.67 bits per heavy atom. The van der Waals surface area contributed by atoms with Gasteiger partial charge in [-0.15, -0.1) is 0 Å². The van der Waals surface area contributed by atoms with Crippen LogP contribution >= 0.6 is 0 Å². The van der Waals surface area contributed by atoms with Gasteiger partial charge in [0, 0.05) is 11.8 Å². The first-order chi connectivity index (χ1) is 5.55. The smallest absolute Gasteiger partial charge is 0.281 e. The van der Waals surface area contributed by atoms with Gasteiger partial charge in [0.25, 0.3) is 0 Å². The lowest BCUT2D eigenvalue weighted by molar-refractivity contribution is 0.479. The molecule has 0 fully saturated rings. The second-order valence-corrected chi connectivity index (χ2v) is 3.41. The predicted octanol–water partition coefficient (Wildman–Crippen LogP) is 0.971. The second-order valence-electron chi connectivity index (χ2n) is 2.08. The number of hydrogen-bond acceptors (Lipinski definition) is 3. The third kappa shape index (κ3) is 1.69. The SMILES string of the molecule is C=Cc1cccnc1S(=O)(=O)O. The van der Waals surface area contributed by atoms with E-state index in [0.29, 0.717) is 5.56 Å². The number of nitrogens with zero attached hydrogens (tertiary/aromatic N) is 1. The second kappa shape index (κ2) is 3.04. The minimum Gasteiger partial charge on any atom is -0.281 e. The van der Waals surface area contributed by atoms with Gasteiger partial charge in [-0.05, 0) is 6.07 Å². The molecule has 0 saturated heterocycles. The summed E-state index contributed by atoms with van der Waals surface area (Å²) in [5.74, 6) is 0. The molecule has 0 amide bonds. The fraction of sp³-hybridized carbons (Fsp3) is 0. The van der Waals surface area contributed by atoms with Crippen LogP contribution < -0.4 is 0 Å². The molecule has 0 bridgehead atoms. The summed E-state index contributed by atoms with van der Waals surface area (Å²) in [4.78, 5) is 3.51. The van der Waals surface area contributed by atoms with Crippen molar-refractivity contribution in [2.75, 3.05) is 0 Å². The van der Waals surface area contributed by atoms with Crippen molar-refractivity contribution in [3.8, 4) is 0 Å². The van der Waals surface area contributed by atoms with Crippen LogP contribution in [-0.2, 0) is 10.1 Å². The van der Waals surface area contributed by atoms with Gasteiger partial charge < -0.3 is 0 Å². The first kappa shape index (κ1) is 8.89. The van der Waals surface area contributed by atoms with Crippen LogP contribution in [0.1, 0.15) is 5.56 Å². The Labute approximate surface area is 70.3 Å². The third-order valence-electron chi connectivity index (χ3n) is 1.26. The van der Waals surface area contributed by atoms with Gasteiger partial charge in [0.2, 0.25) is 0 Å². The molecule has 0 aliphatic carbocycles. The zero-order chi connectivity index (χ0) is 9.19. The van der Waals surface area contributed by atoms with Gasteiger partial charge in [-0.25, -0.2) is 4.98 Å². The zero-order valence-corrected chi connectivity index (χ0v) is 6.95. The summed E-state index contributed by atoms with van der Waals surface area (Å²) in [5, 5.41) is -0.361. The third-order valence-corrected chi connectivity index (χ3v) is 2.09. The molecule has 0 radical (unpaired) electrons. The van der Waals surface area contributed by atoms with Crippen LogP contribution in [0, 0.1) is 0 Å². The quantitative estimate of drug-likeness (QED) is 0.697. The fourth-order valence-corrected chi connectivity index (χ4v) is 1.42. The predicted molar refractivity (Wildman–Crippen MR) is 44.1 cm³/mol. The Bertz CT molecular complexity index is 397. The van der Waals surface area contributed by atoms with E-state index < -0.39 is 10.1 Å². The van der Waals surface area contributed by atoms with E-state index in [2.05, 4.69) is 11.6 Å². The molecule has 0 atom stereocenters. The topological polar surface area (TPSA) is 67.3 Å². The summed E-state index contributed by atoms with van der Waals surface area (Å²) in [7, 11) is -4.23. The van der Waals surface area contributed by atoms with Crippen molar-refractivity contribution in [2.45, 2.75) is 5.03 Å². The van der Waals surface area contributed by atoms with Crippen LogP contribution in [0.4, 0.5) is 0 Å². The Morgan fingerprint density at radius 1 is 1.58 bits per heavy atom. The van der Waals surface area contributed by atoms with Crippen molar-refractivity contribution in [3.05, 3.63) is 30.5 Å². The first-order valence-electron chi connectivity index (χ1n) is 3.10. The van der Waals surface area contributed by atoms with Gasteiger partial charge in [-0.2, -0.15) is 8.42 Å². The van der Waals surface area contributed by atoms with Crippen molar-refractivity contribution in [2.24, 2.45) is 0 Å². The van der Waals surface area contributed by atoms with E-state index >= 15 is 0 Å².